The van der Waals surface area contributed by atoms with Crippen LogP contribution >= 0.6 is 0 Å². The second-order valence-corrected chi connectivity index (χ2v) is 6.87. The summed E-state index contributed by atoms with van der Waals surface area (Å²) < 4.78 is 7.05. The summed E-state index contributed by atoms with van der Waals surface area (Å²) >= 11 is 0. The molecule has 0 radical (unpaired) electrons. The molecule has 3 aromatic heterocycles. The monoisotopic (exact) mass is 388 g/mol. The van der Waals surface area contributed by atoms with Crippen molar-refractivity contribution in [3.05, 3.63) is 66.9 Å². The average molecular weight is 388 g/mol. The molecular formula is C21H20N6O2. The predicted molar refractivity (Wildman–Crippen MR) is 111 cm³/mol. The minimum Gasteiger partial charge on any atom is -0.464 e. The topological polar surface area (TPSA) is 88.2 Å². The van der Waals surface area contributed by atoms with Crippen LogP contribution in [0.2, 0.25) is 0 Å². The smallest absolute Gasteiger partial charge is 0.276 e. The van der Waals surface area contributed by atoms with E-state index in [0.717, 1.165) is 48.5 Å². The number of rotatable bonds is 4. The van der Waals surface area contributed by atoms with Crippen molar-refractivity contribution in [2.75, 3.05) is 36.4 Å². The standard InChI is InChI=1S/C21H20N6O2/c28-21(24-18-14-23-6-3-19(18)26-10-7-22-8-11-26)17-4-9-27(25-17)16-1-2-20-15(13-16)5-12-29-20/h1-6,9,12-14,22H,7-8,10-11H2,(H,24,28). The van der Waals surface area contributed by atoms with E-state index < -0.39 is 0 Å². The van der Waals surface area contributed by atoms with Crippen LogP contribution in [0.4, 0.5) is 11.4 Å². The maximum absolute atomic E-state index is 12.8. The number of fused-ring (bicyclic) bond motifs is 1. The van der Waals surface area contributed by atoms with Gasteiger partial charge in [0.1, 0.15) is 5.58 Å². The van der Waals surface area contributed by atoms with E-state index in [1.54, 1.807) is 35.6 Å². The highest BCUT2D eigenvalue weighted by Gasteiger charge is 2.17. The Labute approximate surface area is 167 Å². The van der Waals surface area contributed by atoms with E-state index in [2.05, 4.69) is 25.6 Å². The summed E-state index contributed by atoms with van der Waals surface area (Å²) in [6.45, 7) is 3.61. The number of nitrogens with one attached hydrogen (secondary N) is 2. The van der Waals surface area contributed by atoms with Gasteiger partial charge in [0.25, 0.3) is 5.91 Å². The molecule has 4 aromatic rings. The number of furan rings is 1. The van der Waals surface area contributed by atoms with Crippen molar-refractivity contribution in [1.82, 2.24) is 20.1 Å². The molecule has 0 aliphatic carbocycles. The molecule has 0 atom stereocenters. The molecule has 8 nitrogen and oxygen atoms in total. The molecule has 1 fully saturated rings. The fourth-order valence-electron chi connectivity index (χ4n) is 3.54. The number of nitrogens with zero attached hydrogens (tertiary/aromatic N) is 4. The Hall–Kier alpha value is -3.65. The molecule has 1 amide bonds. The Morgan fingerprint density at radius 2 is 2.03 bits per heavy atom. The van der Waals surface area contributed by atoms with E-state index in [1.807, 2.05) is 30.3 Å². The van der Waals surface area contributed by atoms with Gasteiger partial charge in [-0.15, -0.1) is 0 Å². The van der Waals surface area contributed by atoms with Gasteiger partial charge < -0.3 is 20.0 Å². The number of amides is 1. The Bertz CT molecular complexity index is 1160. The van der Waals surface area contributed by atoms with E-state index in [4.69, 9.17) is 4.42 Å². The van der Waals surface area contributed by atoms with Crippen LogP contribution in [0.25, 0.3) is 16.7 Å². The normalized spacial score (nSPS) is 14.3. The number of pyridine rings is 1. The number of aromatic nitrogens is 3. The van der Waals surface area contributed by atoms with Crippen LogP contribution in [-0.4, -0.2) is 46.9 Å². The molecule has 146 valence electrons. The van der Waals surface area contributed by atoms with Crippen LogP contribution in [0.1, 0.15) is 10.5 Å². The molecule has 1 aliphatic heterocycles. The summed E-state index contributed by atoms with van der Waals surface area (Å²) in [4.78, 5) is 19.2. The van der Waals surface area contributed by atoms with Crippen molar-refractivity contribution in [2.45, 2.75) is 0 Å². The third-order valence-electron chi connectivity index (χ3n) is 5.03. The second-order valence-electron chi connectivity index (χ2n) is 6.87. The van der Waals surface area contributed by atoms with Crippen molar-refractivity contribution in [3.63, 3.8) is 0 Å². The number of hydrogen-bond donors (Lipinski definition) is 2. The van der Waals surface area contributed by atoms with Gasteiger partial charge in [0.15, 0.2) is 5.69 Å². The molecule has 29 heavy (non-hydrogen) atoms. The molecule has 1 aliphatic rings. The van der Waals surface area contributed by atoms with Gasteiger partial charge in [0.2, 0.25) is 0 Å². The van der Waals surface area contributed by atoms with E-state index >= 15 is 0 Å². The molecule has 0 unspecified atom stereocenters. The lowest BCUT2D eigenvalue weighted by molar-refractivity contribution is 0.102. The highest BCUT2D eigenvalue weighted by atomic mass is 16.3. The number of hydrogen-bond acceptors (Lipinski definition) is 6. The SMILES string of the molecule is O=C(Nc1cnccc1N1CCNCC1)c1ccn(-c2ccc3occc3c2)n1. The van der Waals surface area contributed by atoms with Crippen LogP contribution in [-0.2, 0) is 0 Å². The van der Waals surface area contributed by atoms with Crippen molar-refractivity contribution in [3.8, 4) is 5.69 Å². The third kappa shape index (κ3) is 3.45. The lowest BCUT2D eigenvalue weighted by atomic mass is 10.2. The molecule has 1 saturated heterocycles. The maximum atomic E-state index is 12.8. The minimum absolute atomic E-state index is 0.266. The molecule has 4 heterocycles. The van der Waals surface area contributed by atoms with Crippen LogP contribution in [0.5, 0.6) is 0 Å². The Balaban J connectivity index is 1.37. The van der Waals surface area contributed by atoms with Crippen molar-refractivity contribution < 1.29 is 9.21 Å². The molecule has 0 saturated carbocycles. The highest BCUT2D eigenvalue weighted by Crippen LogP contribution is 2.25. The highest BCUT2D eigenvalue weighted by molar-refractivity contribution is 6.04. The predicted octanol–water partition coefficient (Wildman–Crippen LogP) is 2.68. The molecule has 2 N–H and O–H groups in total. The van der Waals surface area contributed by atoms with Gasteiger partial charge in [-0.05, 0) is 36.4 Å². The summed E-state index contributed by atoms with van der Waals surface area (Å²) in [6.07, 6.45) is 6.85. The Kier molecular flexibility index (Phi) is 4.45. The zero-order valence-electron chi connectivity index (χ0n) is 15.7. The van der Waals surface area contributed by atoms with Crippen molar-refractivity contribution >= 4 is 28.3 Å². The quantitative estimate of drug-likeness (QED) is 0.559. The molecule has 0 spiro atoms. The zero-order chi connectivity index (χ0) is 19.6. The van der Waals surface area contributed by atoms with Gasteiger partial charge in [-0.25, -0.2) is 4.68 Å². The van der Waals surface area contributed by atoms with Gasteiger partial charge in [-0.3, -0.25) is 9.78 Å². The average Bonchev–Trinajstić information content (AvgIpc) is 3.44. The molecule has 1 aromatic carbocycles. The first-order valence-electron chi connectivity index (χ1n) is 9.52. The van der Waals surface area contributed by atoms with Crippen LogP contribution in [0.15, 0.2) is 65.7 Å². The molecule has 0 bridgehead atoms. The lowest BCUT2D eigenvalue weighted by Crippen LogP contribution is -2.43. The molecule has 5 rings (SSSR count). The Morgan fingerprint density at radius 1 is 1.14 bits per heavy atom. The second kappa shape index (κ2) is 7.40. The first kappa shape index (κ1) is 17.4. The van der Waals surface area contributed by atoms with Gasteiger partial charge in [0.05, 0.1) is 29.5 Å². The minimum atomic E-state index is -0.266. The van der Waals surface area contributed by atoms with Gasteiger partial charge in [-0.2, -0.15) is 5.10 Å². The van der Waals surface area contributed by atoms with Crippen LogP contribution < -0.4 is 15.5 Å². The summed E-state index contributed by atoms with van der Waals surface area (Å²) in [5.74, 6) is -0.266. The van der Waals surface area contributed by atoms with E-state index in [-0.39, 0.29) is 5.91 Å². The molecule has 8 heteroatoms. The third-order valence-corrected chi connectivity index (χ3v) is 5.03. The van der Waals surface area contributed by atoms with Gasteiger partial charge in [-0.1, -0.05) is 0 Å². The summed E-state index contributed by atoms with van der Waals surface area (Å²) in [5.41, 5.74) is 3.68. The largest absolute Gasteiger partial charge is 0.464 e. The van der Waals surface area contributed by atoms with Crippen molar-refractivity contribution in [2.24, 2.45) is 0 Å². The van der Waals surface area contributed by atoms with E-state index in [9.17, 15) is 4.79 Å². The maximum Gasteiger partial charge on any atom is 0.276 e. The van der Waals surface area contributed by atoms with Gasteiger partial charge >= 0.3 is 0 Å². The van der Waals surface area contributed by atoms with Gasteiger partial charge in [0, 0.05) is 44.0 Å². The summed E-state index contributed by atoms with van der Waals surface area (Å²) in [7, 11) is 0. The number of benzene rings is 1. The Morgan fingerprint density at radius 3 is 2.93 bits per heavy atom. The number of carbonyl (C=O) groups excluding carboxylic acids is 1. The number of anilines is 2. The number of carbonyl (C=O) groups is 1. The first-order valence-corrected chi connectivity index (χ1v) is 9.52. The molecular weight excluding hydrogens is 368 g/mol. The fraction of sp³-hybridized carbons (Fsp3) is 0.190. The van der Waals surface area contributed by atoms with E-state index in [0.29, 0.717) is 11.4 Å². The fourth-order valence-corrected chi connectivity index (χ4v) is 3.54. The summed E-state index contributed by atoms with van der Waals surface area (Å²) in [6, 6.07) is 11.3. The zero-order valence-corrected chi connectivity index (χ0v) is 15.7. The lowest BCUT2D eigenvalue weighted by Gasteiger charge is -2.30. The summed E-state index contributed by atoms with van der Waals surface area (Å²) in [5, 5.41) is 11.7. The first-order chi connectivity index (χ1) is 14.3. The van der Waals surface area contributed by atoms with E-state index in [1.165, 1.54) is 0 Å². The number of piperazine rings is 1. The van der Waals surface area contributed by atoms with Crippen LogP contribution in [0, 0.1) is 0 Å². The van der Waals surface area contributed by atoms with Crippen LogP contribution in [0.3, 0.4) is 0 Å². The van der Waals surface area contributed by atoms with Crippen molar-refractivity contribution in [1.29, 1.82) is 0 Å².